The molecule has 120 valence electrons. The Bertz CT molecular complexity index is 677. The molecule has 0 aliphatic rings. The van der Waals surface area contributed by atoms with Crippen LogP contribution >= 0.6 is 0 Å². The van der Waals surface area contributed by atoms with Gasteiger partial charge >= 0.3 is 0 Å². The molecule has 2 rings (SSSR count). The summed E-state index contributed by atoms with van der Waals surface area (Å²) in [5, 5.41) is 2.51. The number of rotatable bonds is 6. The largest absolute Gasteiger partial charge is 0.338 e. The molecule has 0 spiro atoms. The van der Waals surface area contributed by atoms with Crippen molar-refractivity contribution in [3.05, 3.63) is 60.2 Å². The number of nitrogens with zero attached hydrogens (tertiary/aromatic N) is 2. The van der Waals surface area contributed by atoms with Crippen LogP contribution in [-0.4, -0.2) is 28.2 Å². The van der Waals surface area contributed by atoms with Crippen molar-refractivity contribution >= 4 is 17.5 Å². The standard InChI is InChI=1S/C17H18FN3O2/c1-13(22)21(12-14-6-9-19-10-7-14)11-8-17(23)20-16-5-3-2-4-15(16)18/h2-7,9-10H,8,11-12H2,1H3,(H,20,23). The van der Waals surface area contributed by atoms with Crippen LogP contribution in [0.1, 0.15) is 18.9 Å². The highest BCUT2D eigenvalue weighted by Crippen LogP contribution is 2.13. The number of pyridine rings is 1. The minimum atomic E-state index is -0.485. The van der Waals surface area contributed by atoms with Crippen molar-refractivity contribution in [2.75, 3.05) is 11.9 Å². The summed E-state index contributed by atoms with van der Waals surface area (Å²) in [5.41, 5.74) is 1.07. The Balaban J connectivity index is 1.90. The summed E-state index contributed by atoms with van der Waals surface area (Å²) in [5.74, 6) is -0.947. The average molecular weight is 315 g/mol. The van der Waals surface area contributed by atoms with E-state index in [1.807, 2.05) is 12.1 Å². The van der Waals surface area contributed by atoms with Crippen molar-refractivity contribution in [1.29, 1.82) is 0 Å². The van der Waals surface area contributed by atoms with E-state index in [1.54, 1.807) is 29.4 Å². The van der Waals surface area contributed by atoms with E-state index in [1.165, 1.54) is 19.1 Å². The van der Waals surface area contributed by atoms with E-state index in [4.69, 9.17) is 0 Å². The van der Waals surface area contributed by atoms with Crippen molar-refractivity contribution in [2.24, 2.45) is 0 Å². The molecule has 0 fully saturated rings. The van der Waals surface area contributed by atoms with Gasteiger partial charge in [0.15, 0.2) is 0 Å². The third kappa shape index (κ3) is 5.18. The molecule has 0 saturated heterocycles. The van der Waals surface area contributed by atoms with Crippen molar-refractivity contribution < 1.29 is 14.0 Å². The zero-order chi connectivity index (χ0) is 16.7. The van der Waals surface area contributed by atoms with Gasteiger partial charge in [0.1, 0.15) is 5.82 Å². The second-order valence-corrected chi connectivity index (χ2v) is 5.07. The van der Waals surface area contributed by atoms with Crippen LogP contribution in [0.2, 0.25) is 0 Å². The van der Waals surface area contributed by atoms with Crippen LogP contribution in [0.15, 0.2) is 48.8 Å². The van der Waals surface area contributed by atoms with Gasteiger partial charge in [0.05, 0.1) is 5.69 Å². The Hall–Kier alpha value is -2.76. The van der Waals surface area contributed by atoms with Crippen molar-refractivity contribution in [2.45, 2.75) is 19.9 Å². The number of benzene rings is 1. The van der Waals surface area contributed by atoms with Gasteiger partial charge in [0, 0.05) is 38.8 Å². The minimum absolute atomic E-state index is 0.0962. The highest BCUT2D eigenvalue weighted by Gasteiger charge is 2.13. The molecule has 1 aromatic carbocycles. The predicted molar refractivity (Wildman–Crippen MR) is 85.0 cm³/mol. The molecule has 0 atom stereocenters. The Labute approximate surface area is 134 Å². The van der Waals surface area contributed by atoms with Crippen molar-refractivity contribution in [3.8, 4) is 0 Å². The first kappa shape index (κ1) is 16.6. The van der Waals surface area contributed by atoms with E-state index in [0.717, 1.165) is 5.56 Å². The topological polar surface area (TPSA) is 62.3 Å². The molecule has 6 heteroatoms. The van der Waals surface area contributed by atoms with Gasteiger partial charge in [0.2, 0.25) is 11.8 Å². The van der Waals surface area contributed by atoms with E-state index in [9.17, 15) is 14.0 Å². The number of carbonyl (C=O) groups is 2. The zero-order valence-corrected chi connectivity index (χ0v) is 12.8. The van der Waals surface area contributed by atoms with Crippen molar-refractivity contribution in [1.82, 2.24) is 9.88 Å². The summed E-state index contributed by atoms with van der Waals surface area (Å²) in [6, 6.07) is 9.60. The molecular weight excluding hydrogens is 297 g/mol. The summed E-state index contributed by atoms with van der Waals surface area (Å²) in [6.45, 7) is 2.12. The van der Waals surface area contributed by atoms with Gasteiger partial charge in [0.25, 0.3) is 0 Å². The molecule has 0 unspecified atom stereocenters. The van der Waals surface area contributed by atoms with Crippen LogP contribution in [0.25, 0.3) is 0 Å². The number of para-hydroxylation sites is 1. The maximum Gasteiger partial charge on any atom is 0.226 e. The number of hydrogen-bond donors (Lipinski definition) is 1. The second-order valence-electron chi connectivity index (χ2n) is 5.07. The number of halogens is 1. The van der Waals surface area contributed by atoms with Gasteiger partial charge in [-0.15, -0.1) is 0 Å². The minimum Gasteiger partial charge on any atom is -0.338 e. The summed E-state index contributed by atoms with van der Waals surface area (Å²) >= 11 is 0. The number of aromatic nitrogens is 1. The summed E-state index contributed by atoms with van der Waals surface area (Å²) in [7, 11) is 0. The van der Waals surface area contributed by atoms with Gasteiger partial charge in [-0.25, -0.2) is 4.39 Å². The molecule has 23 heavy (non-hydrogen) atoms. The molecule has 1 N–H and O–H groups in total. The fraction of sp³-hybridized carbons (Fsp3) is 0.235. The van der Waals surface area contributed by atoms with Gasteiger partial charge in [-0.2, -0.15) is 0 Å². The lowest BCUT2D eigenvalue weighted by atomic mass is 10.2. The highest BCUT2D eigenvalue weighted by molar-refractivity contribution is 5.91. The Morgan fingerprint density at radius 3 is 2.52 bits per heavy atom. The normalized spacial score (nSPS) is 10.2. The third-order valence-corrected chi connectivity index (χ3v) is 3.32. The fourth-order valence-corrected chi connectivity index (χ4v) is 2.07. The van der Waals surface area contributed by atoms with E-state index in [0.29, 0.717) is 6.54 Å². The molecule has 2 aromatic rings. The van der Waals surface area contributed by atoms with Crippen LogP contribution in [0, 0.1) is 5.82 Å². The molecular formula is C17H18FN3O2. The molecule has 0 bridgehead atoms. The smallest absolute Gasteiger partial charge is 0.226 e. The van der Waals surface area contributed by atoms with Crippen LogP contribution in [0.3, 0.4) is 0 Å². The first-order chi connectivity index (χ1) is 11.1. The lowest BCUT2D eigenvalue weighted by Crippen LogP contribution is -2.31. The molecule has 0 radical (unpaired) electrons. The lowest BCUT2D eigenvalue weighted by Gasteiger charge is -2.20. The van der Waals surface area contributed by atoms with E-state index < -0.39 is 5.82 Å². The van der Waals surface area contributed by atoms with Crippen LogP contribution in [-0.2, 0) is 16.1 Å². The first-order valence-electron chi connectivity index (χ1n) is 7.25. The van der Waals surface area contributed by atoms with E-state index >= 15 is 0 Å². The Morgan fingerprint density at radius 1 is 1.17 bits per heavy atom. The monoisotopic (exact) mass is 315 g/mol. The Morgan fingerprint density at radius 2 is 1.87 bits per heavy atom. The SMILES string of the molecule is CC(=O)N(CCC(=O)Nc1ccccc1F)Cc1ccncc1. The van der Waals surface area contributed by atoms with Crippen LogP contribution in [0.4, 0.5) is 10.1 Å². The Kier molecular flexibility index (Phi) is 5.80. The summed E-state index contributed by atoms with van der Waals surface area (Å²) < 4.78 is 13.5. The van der Waals surface area contributed by atoms with Crippen molar-refractivity contribution in [3.63, 3.8) is 0 Å². The molecule has 0 saturated carbocycles. The number of anilines is 1. The number of hydrogen-bond acceptors (Lipinski definition) is 3. The summed E-state index contributed by atoms with van der Waals surface area (Å²) in [4.78, 5) is 29.1. The van der Waals surface area contributed by atoms with Crippen LogP contribution < -0.4 is 5.32 Å². The molecule has 0 aliphatic carbocycles. The lowest BCUT2D eigenvalue weighted by molar-refractivity contribution is -0.129. The van der Waals surface area contributed by atoms with Gasteiger partial charge in [-0.3, -0.25) is 14.6 Å². The molecule has 1 aromatic heterocycles. The quantitative estimate of drug-likeness (QED) is 0.891. The molecule has 1 heterocycles. The predicted octanol–water partition coefficient (Wildman–Crippen LogP) is 2.60. The third-order valence-electron chi connectivity index (χ3n) is 3.32. The second kappa shape index (κ2) is 8.03. The van der Waals surface area contributed by atoms with E-state index in [2.05, 4.69) is 10.3 Å². The van der Waals surface area contributed by atoms with Crippen LogP contribution in [0.5, 0.6) is 0 Å². The summed E-state index contributed by atoms with van der Waals surface area (Å²) in [6.07, 6.45) is 3.40. The average Bonchev–Trinajstić information content (AvgIpc) is 2.54. The maximum atomic E-state index is 13.5. The number of carbonyl (C=O) groups excluding carboxylic acids is 2. The fourth-order valence-electron chi connectivity index (χ4n) is 2.07. The molecule has 0 aliphatic heterocycles. The maximum absolute atomic E-state index is 13.5. The zero-order valence-electron chi connectivity index (χ0n) is 12.8. The molecule has 2 amide bonds. The number of amides is 2. The number of nitrogens with one attached hydrogen (secondary N) is 1. The first-order valence-corrected chi connectivity index (χ1v) is 7.25. The highest BCUT2D eigenvalue weighted by atomic mass is 19.1. The van der Waals surface area contributed by atoms with Gasteiger partial charge in [-0.05, 0) is 29.8 Å². The molecule has 5 nitrogen and oxygen atoms in total. The van der Waals surface area contributed by atoms with Gasteiger partial charge < -0.3 is 10.2 Å². The van der Waals surface area contributed by atoms with Gasteiger partial charge in [-0.1, -0.05) is 12.1 Å². The van der Waals surface area contributed by atoms with E-state index in [-0.39, 0.29) is 30.5 Å².